The first kappa shape index (κ1) is 15.6. The highest BCUT2D eigenvalue weighted by molar-refractivity contribution is 7.17. The van der Waals surface area contributed by atoms with Crippen molar-refractivity contribution in [2.75, 3.05) is 18.0 Å². The molecule has 3 nitrogen and oxygen atoms in total. The SMILES string of the molecule is Cc1ccc(-c2csc3ncnc(N4CCC(C)CC4)c23)c(C)c1. The van der Waals surface area contributed by atoms with Crippen molar-refractivity contribution in [3.8, 4) is 11.1 Å². The van der Waals surface area contributed by atoms with Gasteiger partial charge in [-0.3, -0.25) is 0 Å². The summed E-state index contributed by atoms with van der Waals surface area (Å²) in [6, 6.07) is 6.68. The molecular weight excluding hydrogens is 314 g/mol. The van der Waals surface area contributed by atoms with E-state index in [-0.39, 0.29) is 0 Å². The summed E-state index contributed by atoms with van der Waals surface area (Å²) < 4.78 is 0. The van der Waals surface area contributed by atoms with Gasteiger partial charge in [-0.15, -0.1) is 11.3 Å². The summed E-state index contributed by atoms with van der Waals surface area (Å²) in [6.07, 6.45) is 4.21. The summed E-state index contributed by atoms with van der Waals surface area (Å²) in [4.78, 5) is 12.7. The molecule has 0 aliphatic carbocycles. The van der Waals surface area contributed by atoms with Crippen LogP contribution in [0.3, 0.4) is 0 Å². The predicted molar refractivity (Wildman–Crippen MR) is 103 cm³/mol. The van der Waals surface area contributed by atoms with Crippen LogP contribution in [0.15, 0.2) is 29.9 Å². The number of aromatic nitrogens is 2. The smallest absolute Gasteiger partial charge is 0.141 e. The van der Waals surface area contributed by atoms with Gasteiger partial charge in [-0.2, -0.15) is 0 Å². The van der Waals surface area contributed by atoms with Gasteiger partial charge in [0.2, 0.25) is 0 Å². The van der Waals surface area contributed by atoms with Gasteiger partial charge in [-0.05, 0) is 43.7 Å². The molecule has 1 fully saturated rings. The Labute approximate surface area is 147 Å². The lowest BCUT2D eigenvalue weighted by Gasteiger charge is -2.31. The number of hydrogen-bond donors (Lipinski definition) is 0. The maximum absolute atomic E-state index is 4.68. The van der Waals surface area contributed by atoms with E-state index >= 15 is 0 Å². The lowest BCUT2D eigenvalue weighted by Crippen LogP contribution is -2.33. The van der Waals surface area contributed by atoms with Gasteiger partial charge >= 0.3 is 0 Å². The van der Waals surface area contributed by atoms with Crippen molar-refractivity contribution in [3.05, 3.63) is 41.0 Å². The second kappa shape index (κ2) is 6.17. The van der Waals surface area contributed by atoms with Crippen LogP contribution in [-0.2, 0) is 0 Å². The number of hydrogen-bond acceptors (Lipinski definition) is 4. The Hall–Kier alpha value is -1.94. The molecule has 1 aliphatic rings. The van der Waals surface area contributed by atoms with Crippen molar-refractivity contribution in [3.63, 3.8) is 0 Å². The van der Waals surface area contributed by atoms with Gasteiger partial charge in [0.25, 0.3) is 0 Å². The van der Waals surface area contributed by atoms with Crippen molar-refractivity contribution in [2.24, 2.45) is 5.92 Å². The van der Waals surface area contributed by atoms with Crippen LogP contribution in [0.25, 0.3) is 21.3 Å². The fraction of sp³-hybridized carbons (Fsp3) is 0.400. The first-order valence-corrected chi connectivity index (χ1v) is 9.56. The van der Waals surface area contributed by atoms with Gasteiger partial charge < -0.3 is 4.90 Å². The average Bonchev–Trinajstić information content (AvgIpc) is 3.00. The minimum absolute atomic E-state index is 0.819. The monoisotopic (exact) mass is 337 g/mol. The fourth-order valence-corrected chi connectivity index (χ4v) is 4.53. The van der Waals surface area contributed by atoms with Crippen LogP contribution in [0.5, 0.6) is 0 Å². The van der Waals surface area contributed by atoms with Crippen LogP contribution in [-0.4, -0.2) is 23.1 Å². The van der Waals surface area contributed by atoms with Crippen molar-refractivity contribution in [1.29, 1.82) is 0 Å². The number of piperidine rings is 1. The highest BCUT2D eigenvalue weighted by atomic mass is 32.1. The summed E-state index contributed by atoms with van der Waals surface area (Å²) in [5.41, 5.74) is 5.20. The summed E-state index contributed by atoms with van der Waals surface area (Å²) in [7, 11) is 0. The Morgan fingerprint density at radius 3 is 2.62 bits per heavy atom. The molecule has 1 saturated heterocycles. The van der Waals surface area contributed by atoms with E-state index in [0.29, 0.717) is 0 Å². The summed E-state index contributed by atoms with van der Waals surface area (Å²) in [5, 5.41) is 3.47. The first-order chi connectivity index (χ1) is 11.6. The largest absolute Gasteiger partial charge is 0.356 e. The Balaban J connectivity index is 1.85. The Morgan fingerprint density at radius 2 is 1.88 bits per heavy atom. The normalized spacial score (nSPS) is 16.0. The van der Waals surface area contributed by atoms with Crippen LogP contribution >= 0.6 is 11.3 Å². The Bertz CT molecular complexity index is 876. The molecule has 2 aromatic heterocycles. The second-order valence-corrected chi connectivity index (χ2v) is 7.87. The quantitative estimate of drug-likeness (QED) is 0.642. The number of nitrogens with zero attached hydrogens (tertiary/aromatic N) is 3. The van der Waals surface area contributed by atoms with Gasteiger partial charge in [0.1, 0.15) is 17.0 Å². The number of anilines is 1. The van der Waals surface area contributed by atoms with Gasteiger partial charge in [0.05, 0.1) is 5.39 Å². The lowest BCUT2D eigenvalue weighted by molar-refractivity contribution is 0.437. The van der Waals surface area contributed by atoms with Crippen LogP contribution in [0, 0.1) is 19.8 Å². The third kappa shape index (κ3) is 2.69. The zero-order valence-electron chi connectivity index (χ0n) is 14.5. The summed E-state index contributed by atoms with van der Waals surface area (Å²) in [5.74, 6) is 1.93. The minimum atomic E-state index is 0.819. The molecule has 0 radical (unpaired) electrons. The highest BCUT2D eigenvalue weighted by Crippen LogP contribution is 2.40. The van der Waals surface area contributed by atoms with E-state index in [9.17, 15) is 0 Å². The number of aryl methyl sites for hydroxylation is 2. The molecule has 3 aromatic rings. The van der Waals surface area contributed by atoms with Gasteiger partial charge in [0, 0.05) is 24.0 Å². The molecule has 0 spiro atoms. The first-order valence-electron chi connectivity index (χ1n) is 8.68. The average molecular weight is 337 g/mol. The molecule has 4 rings (SSSR count). The van der Waals surface area contributed by atoms with Crippen LogP contribution < -0.4 is 4.90 Å². The van der Waals surface area contributed by atoms with E-state index in [0.717, 1.165) is 29.7 Å². The van der Waals surface area contributed by atoms with Gasteiger partial charge in [-0.25, -0.2) is 9.97 Å². The van der Waals surface area contributed by atoms with Gasteiger partial charge in [-0.1, -0.05) is 30.7 Å². The zero-order chi connectivity index (χ0) is 16.7. The molecular formula is C20H23N3S. The van der Waals surface area contributed by atoms with E-state index < -0.39 is 0 Å². The Morgan fingerprint density at radius 1 is 1.08 bits per heavy atom. The molecule has 0 unspecified atom stereocenters. The summed E-state index contributed by atoms with van der Waals surface area (Å²) in [6.45, 7) is 8.87. The van der Waals surface area contributed by atoms with Crippen molar-refractivity contribution in [1.82, 2.24) is 9.97 Å². The van der Waals surface area contributed by atoms with E-state index in [1.807, 2.05) is 0 Å². The van der Waals surface area contributed by atoms with E-state index in [1.165, 1.54) is 40.5 Å². The second-order valence-electron chi connectivity index (χ2n) is 7.01. The lowest BCUT2D eigenvalue weighted by atomic mass is 9.97. The highest BCUT2D eigenvalue weighted by Gasteiger charge is 2.22. The van der Waals surface area contributed by atoms with E-state index in [1.54, 1.807) is 17.7 Å². The maximum atomic E-state index is 4.68. The Kier molecular flexibility index (Phi) is 4.01. The number of fused-ring (bicyclic) bond motifs is 1. The molecule has 0 bridgehead atoms. The maximum Gasteiger partial charge on any atom is 0.141 e. The molecule has 0 atom stereocenters. The van der Waals surface area contributed by atoms with Crippen LogP contribution in [0.2, 0.25) is 0 Å². The number of rotatable bonds is 2. The topological polar surface area (TPSA) is 29.0 Å². The third-order valence-electron chi connectivity index (χ3n) is 5.11. The van der Waals surface area contributed by atoms with Gasteiger partial charge in [0.15, 0.2) is 0 Å². The molecule has 4 heteroatoms. The van der Waals surface area contributed by atoms with Crippen LogP contribution in [0.1, 0.15) is 30.9 Å². The van der Waals surface area contributed by atoms with Crippen molar-refractivity contribution in [2.45, 2.75) is 33.6 Å². The van der Waals surface area contributed by atoms with Crippen molar-refractivity contribution >= 4 is 27.4 Å². The standard InChI is InChI=1S/C20H23N3S/c1-13-6-8-23(9-7-13)19-18-17(11-24-20(18)22-12-21-19)16-5-4-14(2)10-15(16)3/h4-5,10-13H,6-9H2,1-3H3. The fourth-order valence-electron chi connectivity index (χ4n) is 3.63. The van der Waals surface area contributed by atoms with E-state index in [4.69, 9.17) is 0 Å². The van der Waals surface area contributed by atoms with E-state index in [2.05, 4.69) is 59.2 Å². The number of benzene rings is 1. The minimum Gasteiger partial charge on any atom is -0.356 e. The molecule has 0 saturated carbocycles. The van der Waals surface area contributed by atoms with Crippen LogP contribution in [0.4, 0.5) is 5.82 Å². The molecule has 1 aromatic carbocycles. The molecule has 24 heavy (non-hydrogen) atoms. The predicted octanol–water partition coefficient (Wildman–Crippen LogP) is 5.21. The summed E-state index contributed by atoms with van der Waals surface area (Å²) >= 11 is 1.72. The third-order valence-corrected chi connectivity index (χ3v) is 5.99. The number of thiophene rings is 1. The zero-order valence-corrected chi connectivity index (χ0v) is 15.4. The molecule has 0 amide bonds. The molecule has 1 aliphatic heterocycles. The molecule has 3 heterocycles. The molecule has 0 N–H and O–H groups in total. The van der Waals surface area contributed by atoms with Crippen molar-refractivity contribution < 1.29 is 0 Å². The molecule has 124 valence electrons.